The van der Waals surface area contributed by atoms with Gasteiger partial charge in [0, 0.05) is 25.1 Å². The summed E-state index contributed by atoms with van der Waals surface area (Å²) in [7, 11) is 0. The number of hydrogen-bond acceptors (Lipinski definition) is 3. The van der Waals surface area contributed by atoms with Gasteiger partial charge in [0.05, 0.1) is 23.4 Å². The molecule has 5 heteroatoms. The number of nitrogens with zero attached hydrogens (tertiary/aromatic N) is 4. The first kappa shape index (κ1) is 11.2. The molecule has 0 N–H and O–H groups in total. The highest BCUT2D eigenvalue weighted by molar-refractivity contribution is 7.13. The molecule has 0 aromatic carbocycles. The van der Waals surface area contributed by atoms with Gasteiger partial charge in [-0.05, 0) is 18.4 Å². The largest absolute Gasteiger partial charge is 0.333 e. The number of hydrogen-bond donors (Lipinski definition) is 0. The zero-order chi connectivity index (χ0) is 12.4. The van der Waals surface area contributed by atoms with E-state index in [1.807, 2.05) is 24.9 Å². The summed E-state index contributed by atoms with van der Waals surface area (Å²) in [6.07, 6.45) is 7.66. The molecule has 0 saturated heterocycles. The third-order valence-corrected chi connectivity index (χ3v) is 3.79. The zero-order valence-electron chi connectivity index (χ0n) is 10.2. The molecule has 0 spiro atoms. The van der Waals surface area contributed by atoms with Gasteiger partial charge in [-0.15, -0.1) is 11.3 Å². The quantitative estimate of drug-likeness (QED) is 0.721. The molecular weight excluding hydrogens is 244 g/mol. The molecule has 18 heavy (non-hydrogen) atoms. The second-order valence-electron chi connectivity index (χ2n) is 4.03. The Morgan fingerprint density at radius 2 is 2.28 bits per heavy atom. The first-order valence-corrected chi connectivity index (χ1v) is 6.80. The second-order valence-corrected chi connectivity index (χ2v) is 4.97. The summed E-state index contributed by atoms with van der Waals surface area (Å²) >= 11 is 1.71. The van der Waals surface area contributed by atoms with Crippen LogP contribution in [0.2, 0.25) is 0 Å². The normalized spacial score (nSPS) is 10.9. The molecule has 0 bridgehead atoms. The van der Waals surface area contributed by atoms with E-state index in [0.717, 1.165) is 18.9 Å². The summed E-state index contributed by atoms with van der Waals surface area (Å²) in [5.41, 5.74) is 1.20. The molecule has 0 saturated carbocycles. The standard InChI is InChI=1S/C13H14N4S/c1-2-16-10-14-8-11(16)9-17-6-5-15-13(17)12-4-3-7-18-12/h3-8,10H,2,9H2,1H3. The van der Waals surface area contributed by atoms with Gasteiger partial charge < -0.3 is 9.13 Å². The molecule has 3 aromatic rings. The molecule has 3 aromatic heterocycles. The van der Waals surface area contributed by atoms with Crippen molar-refractivity contribution in [1.82, 2.24) is 19.1 Å². The number of aromatic nitrogens is 4. The summed E-state index contributed by atoms with van der Waals surface area (Å²) in [5, 5.41) is 2.07. The molecule has 0 unspecified atom stereocenters. The number of imidazole rings is 2. The van der Waals surface area contributed by atoms with Crippen LogP contribution in [0, 0.1) is 0 Å². The minimum absolute atomic E-state index is 0.807. The van der Waals surface area contributed by atoms with E-state index in [4.69, 9.17) is 0 Å². The van der Waals surface area contributed by atoms with Crippen molar-refractivity contribution in [2.24, 2.45) is 0 Å². The molecule has 3 heterocycles. The van der Waals surface area contributed by atoms with E-state index in [0.29, 0.717) is 0 Å². The molecule has 0 atom stereocenters. The van der Waals surface area contributed by atoms with Crippen LogP contribution in [0.4, 0.5) is 0 Å². The average molecular weight is 258 g/mol. The maximum absolute atomic E-state index is 4.44. The molecule has 3 rings (SSSR count). The Kier molecular flexibility index (Phi) is 2.98. The van der Waals surface area contributed by atoms with Gasteiger partial charge in [0.15, 0.2) is 0 Å². The lowest BCUT2D eigenvalue weighted by Crippen LogP contribution is -2.06. The third kappa shape index (κ3) is 1.97. The highest BCUT2D eigenvalue weighted by Gasteiger charge is 2.09. The Morgan fingerprint density at radius 3 is 3.06 bits per heavy atom. The summed E-state index contributed by atoms with van der Waals surface area (Å²) in [5.74, 6) is 1.02. The topological polar surface area (TPSA) is 35.6 Å². The van der Waals surface area contributed by atoms with Crippen molar-refractivity contribution in [1.29, 1.82) is 0 Å². The summed E-state index contributed by atoms with van der Waals surface area (Å²) in [6.45, 7) is 3.87. The molecule has 4 nitrogen and oxygen atoms in total. The van der Waals surface area contributed by atoms with Gasteiger partial charge in [-0.1, -0.05) is 6.07 Å². The smallest absolute Gasteiger partial charge is 0.150 e. The third-order valence-electron chi connectivity index (χ3n) is 2.93. The Labute approximate surface area is 110 Å². The average Bonchev–Trinajstić information content (AvgIpc) is 3.09. The summed E-state index contributed by atoms with van der Waals surface area (Å²) in [4.78, 5) is 9.83. The minimum Gasteiger partial charge on any atom is -0.333 e. The van der Waals surface area contributed by atoms with E-state index in [1.54, 1.807) is 11.3 Å². The van der Waals surface area contributed by atoms with Gasteiger partial charge in [-0.3, -0.25) is 0 Å². The second kappa shape index (κ2) is 4.78. The Morgan fingerprint density at radius 1 is 1.33 bits per heavy atom. The van der Waals surface area contributed by atoms with Gasteiger partial charge in [0.1, 0.15) is 5.82 Å². The van der Waals surface area contributed by atoms with E-state index in [-0.39, 0.29) is 0 Å². The molecule has 0 aliphatic rings. The van der Waals surface area contributed by atoms with Gasteiger partial charge in [-0.2, -0.15) is 0 Å². The molecule has 0 radical (unpaired) electrons. The van der Waals surface area contributed by atoms with E-state index in [9.17, 15) is 0 Å². The van der Waals surface area contributed by atoms with Crippen molar-refractivity contribution in [3.63, 3.8) is 0 Å². The first-order valence-electron chi connectivity index (χ1n) is 5.92. The highest BCUT2D eigenvalue weighted by Crippen LogP contribution is 2.23. The molecule has 0 amide bonds. The van der Waals surface area contributed by atoms with Crippen LogP contribution >= 0.6 is 11.3 Å². The molecule has 0 aliphatic heterocycles. The fraction of sp³-hybridized carbons (Fsp3) is 0.231. The SMILES string of the molecule is CCn1cncc1Cn1ccnc1-c1cccs1. The lowest BCUT2D eigenvalue weighted by Gasteiger charge is -2.08. The van der Waals surface area contributed by atoms with Crippen molar-refractivity contribution < 1.29 is 0 Å². The predicted molar refractivity (Wildman–Crippen MR) is 72.5 cm³/mol. The fourth-order valence-electron chi connectivity index (χ4n) is 2.01. The fourth-order valence-corrected chi connectivity index (χ4v) is 2.74. The highest BCUT2D eigenvalue weighted by atomic mass is 32.1. The van der Waals surface area contributed by atoms with Gasteiger partial charge in [-0.25, -0.2) is 9.97 Å². The number of aryl methyl sites for hydroxylation is 1. The molecule has 0 fully saturated rings. The van der Waals surface area contributed by atoms with Crippen LogP contribution in [0.3, 0.4) is 0 Å². The van der Waals surface area contributed by atoms with Crippen LogP contribution in [0.5, 0.6) is 0 Å². The number of rotatable bonds is 4. The van der Waals surface area contributed by atoms with Crippen LogP contribution in [0.1, 0.15) is 12.6 Å². The van der Waals surface area contributed by atoms with Crippen molar-refractivity contribution in [3.8, 4) is 10.7 Å². The van der Waals surface area contributed by atoms with E-state index >= 15 is 0 Å². The first-order chi connectivity index (χ1) is 8.88. The Bertz CT molecular complexity index is 621. The van der Waals surface area contributed by atoms with Crippen molar-refractivity contribution in [2.45, 2.75) is 20.0 Å². The van der Waals surface area contributed by atoms with E-state index in [2.05, 4.69) is 43.5 Å². The van der Waals surface area contributed by atoms with Gasteiger partial charge >= 0.3 is 0 Å². The zero-order valence-corrected chi connectivity index (χ0v) is 11.0. The van der Waals surface area contributed by atoms with Gasteiger partial charge in [0.2, 0.25) is 0 Å². The predicted octanol–water partition coefficient (Wildman–Crippen LogP) is 2.88. The number of thiophene rings is 1. The monoisotopic (exact) mass is 258 g/mol. The van der Waals surface area contributed by atoms with Crippen LogP contribution in [-0.2, 0) is 13.1 Å². The molecular formula is C13H14N4S. The Balaban J connectivity index is 1.92. The lowest BCUT2D eigenvalue weighted by atomic mass is 10.4. The van der Waals surface area contributed by atoms with E-state index in [1.165, 1.54) is 10.6 Å². The maximum atomic E-state index is 4.44. The van der Waals surface area contributed by atoms with Crippen LogP contribution in [0.15, 0.2) is 42.4 Å². The molecule has 0 aliphatic carbocycles. The van der Waals surface area contributed by atoms with Crippen LogP contribution in [-0.4, -0.2) is 19.1 Å². The summed E-state index contributed by atoms with van der Waals surface area (Å²) in [6, 6.07) is 4.15. The Hall–Kier alpha value is -1.88. The van der Waals surface area contributed by atoms with Crippen molar-refractivity contribution in [3.05, 3.63) is 48.1 Å². The van der Waals surface area contributed by atoms with Crippen molar-refractivity contribution >= 4 is 11.3 Å². The lowest BCUT2D eigenvalue weighted by molar-refractivity contribution is 0.672. The van der Waals surface area contributed by atoms with Gasteiger partial charge in [0.25, 0.3) is 0 Å². The summed E-state index contributed by atoms with van der Waals surface area (Å²) < 4.78 is 4.31. The maximum Gasteiger partial charge on any atom is 0.150 e. The minimum atomic E-state index is 0.807. The molecule has 92 valence electrons. The van der Waals surface area contributed by atoms with Crippen molar-refractivity contribution in [2.75, 3.05) is 0 Å². The van der Waals surface area contributed by atoms with Crippen LogP contribution < -0.4 is 0 Å². The van der Waals surface area contributed by atoms with E-state index < -0.39 is 0 Å². The van der Waals surface area contributed by atoms with Crippen LogP contribution in [0.25, 0.3) is 10.7 Å².